The molecule has 0 saturated heterocycles. The molecule has 0 aliphatic rings. The van der Waals surface area contributed by atoms with E-state index in [-0.39, 0.29) is 0 Å². The Hall–Kier alpha value is -1.06. The fourth-order valence-corrected chi connectivity index (χ4v) is 1.77. The number of hydrogen-bond acceptors (Lipinski definition) is 3. The van der Waals surface area contributed by atoms with Gasteiger partial charge in [0.1, 0.15) is 5.52 Å². The Bertz CT molecular complexity index is 467. The van der Waals surface area contributed by atoms with Crippen LogP contribution in [0.15, 0.2) is 22.9 Å². The number of fused-ring (bicyclic) bond motifs is 1. The maximum absolute atomic E-state index is 6.13. The van der Waals surface area contributed by atoms with E-state index >= 15 is 0 Å². The summed E-state index contributed by atoms with van der Waals surface area (Å²) in [5.41, 5.74) is 8.24. The molecule has 1 heterocycles. The zero-order valence-corrected chi connectivity index (χ0v) is 9.29. The zero-order chi connectivity index (χ0) is 10.8. The highest BCUT2D eigenvalue weighted by Crippen LogP contribution is 2.25. The second-order valence-electron chi connectivity index (χ2n) is 3.81. The van der Waals surface area contributed by atoms with Crippen LogP contribution in [0.25, 0.3) is 11.1 Å². The third-order valence-electron chi connectivity index (χ3n) is 2.47. The number of nitrogens with two attached hydrogens (primary N) is 1. The molecule has 0 radical (unpaired) electrons. The molecule has 2 rings (SSSR count). The van der Waals surface area contributed by atoms with Gasteiger partial charge in [0.15, 0.2) is 12.0 Å². The number of halogens is 1. The molecule has 0 spiro atoms. The van der Waals surface area contributed by atoms with Crippen molar-refractivity contribution in [3.05, 3.63) is 29.1 Å². The Kier molecular flexibility index (Phi) is 2.93. The summed E-state index contributed by atoms with van der Waals surface area (Å²) < 4.78 is 5.16. The summed E-state index contributed by atoms with van der Waals surface area (Å²) in [6.45, 7) is 2.76. The molecule has 0 aliphatic heterocycles. The third-order valence-corrected chi connectivity index (χ3v) is 2.82. The molecule has 0 amide bonds. The first-order valence-electron chi connectivity index (χ1n) is 4.92. The zero-order valence-electron chi connectivity index (χ0n) is 8.53. The molecule has 15 heavy (non-hydrogen) atoms. The van der Waals surface area contributed by atoms with Crippen molar-refractivity contribution in [2.75, 3.05) is 6.54 Å². The molecule has 0 aliphatic carbocycles. The highest BCUT2D eigenvalue weighted by molar-refractivity contribution is 6.32. The lowest BCUT2D eigenvalue weighted by Crippen LogP contribution is -2.13. The van der Waals surface area contributed by atoms with E-state index in [1.807, 2.05) is 12.1 Å². The number of aromatic nitrogens is 1. The number of rotatable bonds is 3. The van der Waals surface area contributed by atoms with E-state index in [9.17, 15) is 0 Å². The molecule has 0 saturated carbocycles. The van der Waals surface area contributed by atoms with Crippen molar-refractivity contribution in [3.63, 3.8) is 0 Å². The minimum Gasteiger partial charge on any atom is -0.443 e. The normalized spacial score (nSPS) is 13.3. The number of nitrogens with zero attached hydrogens (tertiary/aromatic N) is 1. The van der Waals surface area contributed by atoms with Crippen molar-refractivity contribution >= 4 is 22.7 Å². The first-order chi connectivity index (χ1) is 7.20. The van der Waals surface area contributed by atoms with Crippen LogP contribution in [0.2, 0.25) is 5.02 Å². The van der Waals surface area contributed by atoms with Crippen molar-refractivity contribution < 1.29 is 4.42 Å². The van der Waals surface area contributed by atoms with Crippen LogP contribution in [0.3, 0.4) is 0 Å². The molecule has 3 nitrogen and oxygen atoms in total. The molecule has 1 atom stereocenters. The molecule has 1 aromatic carbocycles. The first kappa shape index (κ1) is 10.5. The Morgan fingerprint density at radius 1 is 1.53 bits per heavy atom. The average molecular weight is 225 g/mol. The molecule has 1 aromatic heterocycles. The molecule has 2 N–H and O–H groups in total. The van der Waals surface area contributed by atoms with Crippen LogP contribution in [-0.4, -0.2) is 11.5 Å². The SMILES string of the molecule is CC(CN)Cc1cc2ncoc2cc1Cl. The fraction of sp³-hybridized carbons (Fsp3) is 0.364. The lowest BCUT2D eigenvalue weighted by Gasteiger charge is -2.09. The monoisotopic (exact) mass is 224 g/mol. The van der Waals surface area contributed by atoms with E-state index in [1.54, 1.807) is 0 Å². The lowest BCUT2D eigenvalue weighted by molar-refractivity contribution is 0.592. The van der Waals surface area contributed by atoms with E-state index in [2.05, 4.69) is 11.9 Å². The predicted molar refractivity (Wildman–Crippen MR) is 60.9 cm³/mol. The molecule has 1 unspecified atom stereocenters. The van der Waals surface area contributed by atoms with Gasteiger partial charge in [-0.25, -0.2) is 4.98 Å². The Morgan fingerprint density at radius 2 is 2.33 bits per heavy atom. The smallest absolute Gasteiger partial charge is 0.181 e. The van der Waals surface area contributed by atoms with Gasteiger partial charge in [0, 0.05) is 11.1 Å². The van der Waals surface area contributed by atoms with E-state index in [1.165, 1.54) is 6.39 Å². The van der Waals surface area contributed by atoms with Crippen LogP contribution in [-0.2, 0) is 6.42 Å². The summed E-state index contributed by atoms with van der Waals surface area (Å²) in [7, 11) is 0. The summed E-state index contributed by atoms with van der Waals surface area (Å²) in [6.07, 6.45) is 2.30. The van der Waals surface area contributed by atoms with Gasteiger partial charge in [-0.15, -0.1) is 0 Å². The highest BCUT2D eigenvalue weighted by Gasteiger charge is 2.09. The molecule has 0 bridgehead atoms. The maximum atomic E-state index is 6.13. The molecular weight excluding hydrogens is 212 g/mol. The van der Waals surface area contributed by atoms with Crippen molar-refractivity contribution in [3.8, 4) is 0 Å². The van der Waals surface area contributed by atoms with E-state index < -0.39 is 0 Å². The van der Waals surface area contributed by atoms with Crippen LogP contribution in [0.5, 0.6) is 0 Å². The summed E-state index contributed by atoms with van der Waals surface area (Å²) in [4.78, 5) is 4.10. The van der Waals surface area contributed by atoms with Crippen molar-refractivity contribution in [1.29, 1.82) is 0 Å². The summed E-state index contributed by atoms with van der Waals surface area (Å²) >= 11 is 6.13. The van der Waals surface area contributed by atoms with Gasteiger partial charge in [-0.1, -0.05) is 18.5 Å². The van der Waals surface area contributed by atoms with Gasteiger partial charge < -0.3 is 10.2 Å². The quantitative estimate of drug-likeness (QED) is 0.872. The Morgan fingerprint density at radius 3 is 3.07 bits per heavy atom. The first-order valence-corrected chi connectivity index (χ1v) is 5.30. The van der Waals surface area contributed by atoms with E-state index in [4.69, 9.17) is 21.8 Å². The highest BCUT2D eigenvalue weighted by atomic mass is 35.5. The second kappa shape index (κ2) is 4.21. The molecular formula is C11H13ClN2O. The lowest BCUT2D eigenvalue weighted by atomic mass is 10.0. The van der Waals surface area contributed by atoms with E-state index in [0.29, 0.717) is 12.5 Å². The van der Waals surface area contributed by atoms with Gasteiger partial charge in [-0.05, 0) is 30.5 Å². The van der Waals surface area contributed by atoms with Crippen molar-refractivity contribution in [1.82, 2.24) is 4.98 Å². The van der Waals surface area contributed by atoms with Crippen LogP contribution >= 0.6 is 11.6 Å². The standard InChI is InChI=1S/C11H13ClN2O/c1-7(5-13)2-8-3-10-11(4-9(8)12)15-6-14-10/h3-4,6-7H,2,5,13H2,1H3. The van der Waals surface area contributed by atoms with Crippen molar-refractivity contribution in [2.45, 2.75) is 13.3 Å². The molecule has 4 heteroatoms. The molecule has 80 valence electrons. The Labute approximate surface area is 93.2 Å². The summed E-state index contributed by atoms with van der Waals surface area (Å²) in [5, 5.41) is 0.722. The predicted octanol–water partition coefficient (Wildman–Crippen LogP) is 2.62. The third kappa shape index (κ3) is 2.13. The van der Waals surface area contributed by atoms with E-state index in [0.717, 1.165) is 28.1 Å². The molecule has 0 fully saturated rings. The maximum Gasteiger partial charge on any atom is 0.181 e. The van der Waals surface area contributed by atoms with Gasteiger partial charge in [-0.3, -0.25) is 0 Å². The van der Waals surface area contributed by atoms with Crippen LogP contribution in [0, 0.1) is 5.92 Å². The number of hydrogen-bond donors (Lipinski definition) is 1. The summed E-state index contributed by atoms with van der Waals surface area (Å²) in [5.74, 6) is 0.423. The average Bonchev–Trinajstić information content (AvgIpc) is 2.65. The van der Waals surface area contributed by atoms with Crippen molar-refractivity contribution in [2.24, 2.45) is 11.7 Å². The van der Waals surface area contributed by atoms with Crippen LogP contribution in [0.1, 0.15) is 12.5 Å². The van der Waals surface area contributed by atoms with Crippen LogP contribution < -0.4 is 5.73 Å². The fourth-order valence-electron chi connectivity index (χ4n) is 1.54. The van der Waals surface area contributed by atoms with Gasteiger partial charge in [0.25, 0.3) is 0 Å². The van der Waals surface area contributed by atoms with Gasteiger partial charge in [0.05, 0.1) is 0 Å². The summed E-state index contributed by atoms with van der Waals surface area (Å²) in [6, 6.07) is 3.77. The molecule has 2 aromatic rings. The van der Waals surface area contributed by atoms with Gasteiger partial charge in [0.2, 0.25) is 0 Å². The largest absolute Gasteiger partial charge is 0.443 e. The minimum absolute atomic E-state index is 0.423. The van der Waals surface area contributed by atoms with Gasteiger partial charge in [-0.2, -0.15) is 0 Å². The second-order valence-corrected chi connectivity index (χ2v) is 4.22. The minimum atomic E-state index is 0.423. The topological polar surface area (TPSA) is 52.0 Å². The van der Waals surface area contributed by atoms with Gasteiger partial charge >= 0.3 is 0 Å². The Balaban J connectivity index is 2.37. The van der Waals surface area contributed by atoms with Crippen LogP contribution in [0.4, 0.5) is 0 Å². The number of oxazole rings is 1. The number of benzene rings is 1.